The van der Waals surface area contributed by atoms with Gasteiger partial charge in [0.2, 0.25) is 27.8 Å². The highest BCUT2D eigenvalue weighted by molar-refractivity contribution is 7.92. The lowest BCUT2D eigenvalue weighted by molar-refractivity contribution is -0.136. The predicted molar refractivity (Wildman–Crippen MR) is 241 cm³/mol. The maximum Gasteiger partial charge on any atom is 0.262 e. The SMILES string of the molecule is COc1cc(N2CCC(N3CCN(CCNc4ccc5c(c4)C(=O)N(C4CCC(=O)NC4=O)C5=O)CC3)CC2)ccc1Nc1ncc(Cl)c(Nc2ccccc2N(C)S(C)(=O)=O)n1. The van der Waals surface area contributed by atoms with Gasteiger partial charge in [-0.2, -0.15) is 4.98 Å². The zero-order valence-corrected chi connectivity index (χ0v) is 36.8. The van der Waals surface area contributed by atoms with Gasteiger partial charge in [-0.05, 0) is 61.7 Å². The van der Waals surface area contributed by atoms with Crippen LogP contribution in [0.5, 0.6) is 5.75 Å². The maximum absolute atomic E-state index is 13.2. The number of carbonyl (C=O) groups is 4. The second-order valence-electron chi connectivity index (χ2n) is 16.0. The maximum atomic E-state index is 13.2. The molecule has 8 rings (SSSR count). The Morgan fingerprint density at radius 2 is 1.63 bits per heavy atom. The van der Waals surface area contributed by atoms with Crippen LogP contribution in [0, 0.1) is 0 Å². The van der Waals surface area contributed by atoms with Gasteiger partial charge >= 0.3 is 0 Å². The number of hydrogen-bond donors (Lipinski definition) is 4. The van der Waals surface area contributed by atoms with Gasteiger partial charge in [-0.25, -0.2) is 13.4 Å². The molecule has 4 amide bonds. The summed E-state index contributed by atoms with van der Waals surface area (Å²) in [5.74, 6) is -0.845. The van der Waals surface area contributed by atoms with Crippen LogP contribution in [0.15, 0.2) is 66.9 Å². The molecule has 4 aliphatic rings. The molecule has 4 aromatic rings. The number of piperazine rings is 1. The first-order chi connectivity index (χ1) is 30.3. The molecule has 5 heterocycles. The standard InChI is InChI=1S/C43H50ClN11O7S/c1-51(63(3,60)61)35-7-5-4-6-33(35)47-39-32(44)26-46-43(50-39)48-34-11-9-29(25-37(34)62-2)53-17-14-28(15-18-53)54-22-20-52(21-23-54)19-16-45-27-8-10-30-31(24-27)42(59)55(41(30)58)36-12-13-38(56)49-40(36)57/h4-11,24-26,28,36,45H,12-23H2,1-3H3,(H,49,56,57)(H2,46,47,48,50). The molecule has 332 valence electrons. The van der Waals surface area contributed by atoms with Crippen molar-refractivity contribution >= 4 is 85.5 Å². The van der Waals surface area contributed by atoms with Gasteiger partial charge in [0, 0.05) is 89.3 Å². The fourth-order valence-electron chi connectivity index (χ4n) is 8.56. The van der Waals surface area contributed by atoms with E-state index < -0.39 is 39.7 Å². The number of sulfonamides is 1. The number of aromatic nitrogens is 2. The molecule has 18 nitrogen and oxygen atoms in total. The summed E-state index contributed by atoms with van der Waals surface area (Å²) in [6.07, 6.45) is 4.90. The average molecular weight is 900 g/mol. The summed E-state index contributed by atoms with van der Waals surface area (Å²) in [6.45, 7) is 7.20. The topological polar surface area (TPSA) is 202 Å². The summed E-state index contributed by atoms with van der Waals surface area (Å²) in [5, 5.41) is 12.3. The average Bonchev–Trinajstić information content (AvgIpc) is 3.52. The molecule has 0 bridgehead atoms. The first-order valence-electron chi connectivity index (χ1n) is 20.9. The lowest BCUT2D eigenvalue weighted by Crippen LogP contribution is -2.54. The van der Waals surface area contributed by atoms with Gasteiger partial charge in [0.05, 0.1) is 47.8 Å². The second-order valence-corrected chi connectivity index (χ2v) is 18.4. The fourth-order valence-corrected chi connectivity index (χ4v) is 9.21. The Morgan fingerprint density at radius 1 is 0.889 bits per heavy atom. The van der Waals surface area contributed by atoms with Crippen LogP contribution >= 0.6 is 11.6 Å². The molecule has 3 saturated heterocycles. The molecule has 3 fully saturated rings. The van der Waals surface area contributed by atoms with E-state index in [9.17, 15) is 27.6 Å². The second kappa shape index (κ2) is 18.4. The number of fused-ring (bicyclic) bond motifs is 1. The Kier molecular flexibility index (Phi) is 12.7. The van der Waals surface area contributed by atoms with Gasteiger partial charge < -0.3 is 25.6 Å². The number of piperidine rings is 2. The Hall–Kier alpha value is -6.02. The van der Waals surface area contributed by atoms with Crippen molar-refractivity contribution in [2.75, 3.05) is 97.9 Å². The van der Waals surface area contributed by atoms with Crippen LogP contribution in [0.3, 0.4) is 0 Å². The molecule has 20 heteroatoms. The summed E-state index contributed by atoms with van der Waals surface area (Å²) in [6, 6.07) is 17.6. The molecule has 63 heavy (non-hydrogen) atoms. The van der Waals surface area contributed by atoms with E-state index >= 15 is 0 Å². The van der Waals surface area contributed by atoms with Crippen molar-refractivity contribution in [2.24, 2.45) is 0 Å². The van der Waals surface area contributed by atoms with Crippen LogP contribution in [0.2, 0.25) is 5.02 Å². The highest BCUT2D eigenvalue weighted by atomic mass is 35.5. The van der Waals surface area contributed by atoms with Gasteiger partial charge in [0.25, 0.3) is 11.8 Å². The molecule has 0 radical (unpaired) electrons. The number of rotatable bonds is 14. The number of ether oxygens (including phenoxy) is 1. The van der Waals surface area contributed by atoms with Crippen molar-refractivity contribution in [1.29, 1.82) is 0 Å². The van der Waals surface area contributed by atoms with Crippen LogP contribution < -0.4 is 35.2 Å². The van der Waals surface area contributed by atoms with E-state index in [2.05, 4.69) is 52.0 Å². The molecule has 4 aliphatic heterocycles. The van der Waals surface area contributed by atoms with Crippen molar-refractivity contribution in [3.8, 4) is 5.75 Å². The third kappa shape index (κ3) is 9.51. The third-order valence-corrected chi connectivity index (χ3v) is 13.6. The minimum Gasteiger partial charge on any atom is -0.494 e. The zero-order valence-electron chi connectivity index (χ0n) is 35.3. The first kappa shape index (κ1) is 43.6. The van der Waals surface area contributed by atoms with E-state index in [1.807, 2.05) is 12.1 Å². The number of anilines is 7. The molecule has 4 N–H and O–H groups in total. The van der Waals surface area contributed by atoms with Gasteiger partial charge in [-0.1, -0.05) is 23.7 Å². The van der Waals surface area contributed by atoms with Crippen LogP contribution in [0.1, 0.15) is 46.4 Å². The molecule has 0 aliphatic carbocycles. The lowest BCUT2D eigenvalue weighted by Gasteiger charge is -2.43. The fraction of sp³-hybridized carbons (Fsp3) is 0.395. The number of amides is 4. The molecule has 1 aromatic heterocycles. The number of hydrogen-bond acceptors (Lipinski definition) is 15. The Labute approximate surface area is 371 Å². The summed E-state index contributed by atoms with van der Waals surface area (Å²) < 4.78 is 31.5. The monoisotopic (exact) mass is 899 g/mol. The van der Waals surface area contributed by atoms with Crippen molar-refractivity contribution in [1.82, 2.24) is 30.0 Å². The van der Waals surface area contributed by atoms with E-state index in [0.29, 0.717) is 41.2 Å². The number of para-hydroxylation sites is 2. The minimum absolute atomic E-state index is 0.0808. The molecular formula is C43H50ClN11O7S. The van der Waals surface area contributed by atoms with Gasteiger partial charge in [0.1, 0.15) is 16.8 Å². The van der Waals surface area contributed by atoms with Crippen LogP contribution in [0.4, 0.5) is 40.2 Å². The summed E-state index contributed by atoms with van der Waals surface area (Å²) in [7, 11) is -0.407. The molecule has 3 aromatic carbocycles. The summed E-state index contributed by atoms with van der Waals surface area (Å²) in [4.78, 5) is 67.6. The molecule has 1 unspecified atom stereocenters. The number of carbonyl (C=O) groups excluding carboxylic acids is 4. The third-order valence-electron chi connectivity index (χ3n) is 12.1. The first-order valence-corrected chi connectivity index (χ1v) is 23.1. The van der Waals surface area contributed by atoms with Crippen molar-refractivity contribution in [2.45, 2.75) is 37.8 Å². The Bertz CT molecular complexity index is 2530. The number of halogens is 1. The Morgan fingerprint density at radius 3 is 2.37 bits per heavy atom. The van der Waals surface area contributed by atoms with E-state index in [1.54, 1.807) is 49.6 Å². The number of methoxy groups -OCH3 is 1. The van der Waals surface area contributed by atoms with Gasteiger partial charge in [-0.15, -0.1) is 0 Å². The largest absolute Gasteiger partial charge is 0.494 e. The van der Waals surface area contributed by atoms with E-state index in [1.165, 1.54) is 17.5 Å². The molecule has 0 saturated carbocycles. The minimum atomic E-state index is -3.51. The van der Waals surface area contributed by atoms with E-state index in [0.717, 1.165) is 81.2 Å². The predicted octanol–water partition coefficient (Wildman–Crippen LogP) is 4.12. The van der Waals surface area contributed by atoms with Crippen LogP contribution in [-0.2, 0) is 19.6 Å². The van der Waals surface area contributed by atoms with Crippen molar-refractivity contribution in [3.63, 3.8) is 0 Å². The number of benzene rings is 3. The quantitative estimate of drug-likeness (QED) is 0.132. The van der Waals surface area contributed by atoms with Crippen molar-refractivity contribution < 1.29 is 32.3 Å². The summed E-state index contributed by atoms with van der Waals surface area (Å²) in [5.41, 5.74) is 3.94. The molecule has 0 spiro atoms. The van der Waals surface area contributed by atoms with Gasteiger partial charge in [0.15, 0.2) is 5.82 Å². The highest BCUT2D eigenvalue weighted by Gasteiger charge is 2.44. The molecular weight excluding hydrogens is 850 g/mol. The zero-order chi connectivity index (χ0) is 44.4. The number of nitrogens with one attached hydrogen (secondary N) is 4. The number of imide groups is 2. The van der Waals surface area contributed by atoms with E-state index in [-0.39, 0.29) is 34.9 Å². The Balaban J connectivity index is 0.796. The highest BCUT2D eigenvalue weighted by Crippen LogP contribution is 2.36. The lowest BCUT2D eigenvalue weighted by atomic mass is 10.0. The van der Waals surface area contributed by atoms with Crippen molar-refractivity contribution in [3.05, 3.63) is 83.0 Å². The number of nitrogens with zero attached hydrogens (tertiary/aromatic N) is 7. The molecule has 1 atom stereocenters. The smallest absolute Gasteiger partial charge is 0.262 e. The van der Waals surface area contributed by atoms with Crippen LogP contribution in [0.25, 0.3) is 0 Å². The van der Waals surface area contributed by atoms with E-state index in [4.69, 9.17) is 16.3 Å². The normalized spacial score (nSPS) is 18.9. The van der Waals surface area contributed by atoms with Gasteiger partial charge in [-0.3, -0.25) is 43.5 Å². The van der Waals surface area contributed by atoms with Crippen LogP contribution in [-0.4, -0.2) is 142 Å². The summed E-state index contributed by atoms with van der Waals surface area (Å²) >= 11 is 6.47.